The lowest BCUT2D eigenvalue weighted by Crippen LogP contribution is -2.59. The highest BCUT2D eigenvalue weighted by molar-refractivity contribution is 5.96. The van der Waals surface area contributed by atoms with Crippen LogP contribution in [0.5, 0.6) is 0 Å². The Morgan fingerprint density at radius 1 is 0.941 bits per heavy atom. The molecule has 0 aliphatic heterocycles. The minimum Gasteiger partial charge on any atom is -0.480 e. The number of aliphatic hydroxyl groups is 1. The van der Waals surface area contributed by atoms with Gasteiger partial charge in [-0.25, -0.2) is 4.79 Å². The number of carbonyl (C=O) groups is 5. The molecule has 1 aromatic carbocycles. The van der Waals surface area contributed by atoms with E-state index < -0.39 is 66.8 Å². The van der Waals surface area contributed by atoms with Gasteiger partial charge < -0.3 is 37.6 Å². The molecule has 0 spiro atoms. The Labute approximate surface area is 197 Å². The lowest BCUT2D eigenvalue weighted by molar-refractivity contribution is -0.143. The molecule has 0 heterocycles. The fraction of sp³-hybridized carbons (Fsp3) is 0.500. The summed E-state index contributed by atoms with van der Waals surface area (Å²) in [5.41, 5.74) is 12.0. The van der Waals surface area contributed by atoms with Gasteiger partial charge in [0.05, 0.1) is 19.1 Å². The monoisotopic (exact) mass is 479 g/mol. The van der Waals surface area contributed by atoms with Gasteiger partial charge in [0.2, 0.25) is 23.6 Å². The highest BCUT2D eigenvalue weighted by atomic mass is 16.4. The van der Waals surface area contributed by atoms with Crippen LogP contribution in [0.1, 0.15) is 32.3 Å². The van der Waals surface area contributed by atoms with Crippen molar-refractivity contribution < 1.29 is 34.2 Å². The number of aliphatic carboxylic acids is 1. The van der Waals surface area contributed by atoms with E-state index in [1.54, 1.807) is 13.8 Å². The van der Waals surface area contributed by atoms with Crippen molar-refractivity contribution in [3.8, 4) is 0 Å². The molecule has 9 N–H and O–H groups in total. The smallest absolute Gasteiger partial charge is 0.328 e. The number of nitrogens with one attached hydrogen (secondary N) is 3. The predicted octanol–water partition coefficient (Wildman–Crippen LogP) is -1.99. The Hall–Kier alpha value is -3.51. The molecule has 12 nitrogen and oxygen atoms in total. The zero-order chi connectivity index (χ0) is 25.8. The number of amides is 4. The van der Waals surface area contributed by atoms with E-state index in [4.69, 9.17) is 21.7 Å². The van der Waals surface area contributed by atoms with Crippen LogP contribution in [0.2, 0.25) is 0 Å². The summed E-state index contributed by atoms with van der Waals surface area (Å²) < 4.78 is 0. The van der Waals surface area contributed by atoms with Crippen LogP contribution in [-0.4, -0.2) is 70.6 Å². The third-order valence-electron chi connectivity index (χ3n) is 5.26. The van der Waals surface area contributed by atoms with Crippen molar-refractivity contribution >= 4 is 29.6 Å². The van der Waals surface area contributed by atoms with Crippen LogP contribution in [0.3, 0.4) is 0 Å². The van der Waals surface area contributed by atoms with Gasteiger partial charge in [0, 0.05) is 0 Å². The molecule has 5 unspecified atom stereocenters. The van der Waals surface area contributed by atoms with Gasteiger partial charge in [0.25, 0.3) is 0 Å². The molecule has 0 fully saturated rings. The second kappa shape index (κ2) is 13.9. The van der Waals surface area contributed by atoms with Crippen molar-refractivity contribution in [1.82, 2.24) is 16.0 Å². The number of primary amides is 1. The van der Waals surface area contributed by atoms with Crippen molar-refractivity contribution in [3.63, 3.8) is 0 Å². The molecule has 5 atom stereocenters. The van der Waals surface area contributed by atoms with Crippen LogP contribution in [0, 0.1) is 5.92 Å². The first-order valence-corrected chi connectivity index (χ1v) is 10.8. The maximum atomic E-state index is 13.0. The minimum atomic E-state index is -1.64. The number of hydrogen-bond donors (Lipinski definition) is 7. The first-order valence-electron chi connectivity index (χ1n) is 10.8. The van der Waals surface area contributed by atoms with Crippen molar-refractivity contribution in [1.29, 1.82) is 0 Å². The zero-order valence-electron chi connectivity index (χ0n) is 19.2. The van der Waals surface area contributed by atoms with Crippen LogP contribution in [-0.2, 0) is 30.4 Å². The standard InChI is InChI=1S/C22H33N5O7/c1-3-12(2)18(27-19(30)14(23)9-13-7-5-4-6-8-13)21(32)25-15(10-17(24)29)20(31)26-16(11-28)22(33)34/h4-8,12,14-16,18,28H,3,9-11,23H2,1-2H3,(H2,24,29)(H,25,32)(H,26,31)(H,27,30)(H,33,34). The second-order valence-corrected chi connectivity index (χ2v) is 7.98. The summed E-state index contributed by atoms with van der Waals surface area (Å²) in [5.74, 6) is -5.17. The molecule has 0 saturated carbocycles. The van der Waals surface area contributed by atoms with E-state index >= 15 is 0 Å². The molecule has 34 heavy (non-hydrogen) atoms. The van der Waals surface area contributed by atoms with Gasteiger partial charge in [-0.05, 0) is 17.9 Å². The molecule has 0 bridgehead atoms. The summed E-state index contributed by atoms with van der Waals surface area (Å²) in [6.07, 6.45) is 0.112. The van der Waals surface area contributed by atoms with E-state index in [1.165, 1.54) is 0 Å². The fourth-order valence-corrected chi connectivity index (χ4v) is 3.05. The van der Waals surface area contributed by atoms with Crippen molar-refractivity contribution in [2.24, 2.45) is 17.4 Å². The van der Waals surface area contributed by atoms with Crippen LogP contribution in [0.4, 0.5) is 0 Å². The van der Waals surface area contributed by atoms with Gasteiger partial charge in [0.15, 0.2) is 0 Å². The van der Waals surface area contributed by atoms with Gasteiger partial charge in [-0.2, -0.15) is 0 Å². The van der Waals surface area contributed by atoms with Crippen LogP contribution in [0.25, 0.3) is 0 Å². The number of benzene rings is 1. The minimum absolute atomic E-state index is 0.242. The lowest BCUT2D eigenvalue weighted by atomic mass is 9.96. The van der Waals surface area contributed by atoms with E-state index in [1.807, 2.05) is 35.6 Å². The third kappa shape index (κ3) is 9.16. The van der Waals surface area contributed by atoms with Crippen molar-refractivity contribution in [2.75, 3.05) is 6.61 Å². The normalized spacial score (nSPS) is 15.2. The molecule has 0 aromatic heterocycles. The number of rotatable bonds is 14. The quantitative estimate of drug-likeness (QED) is 0.158. The molecule has 0 radical (unpaired) electrons. The zero-order valence-corrected chi connectivity index (χ0v) is 19.2. The van der Waals surface area contributed by atoms with E-state index in [9.17, 15) is 24.0 Å². The predicted molar refractivity (Wildman–Crippen MR) is 122 cm³/mol. The Morgan fingerprint density at radius 2 is 1.53 bits per heavy atom. The maximum Gasteiger partial charge on any atom is 0.328 e. The molecule has 12 heteroatoms. The average molecular weight is 480 g/mol. The number of aliphatic hydroxyl groups excluding tert-OH is 1. The highest BCUT2D eigenvalue weighted by Gasteiger charge is 2.33. The summed E-state index contributed by atoms with van der Waals surface area (Å²) in [6, 6.07) is 3.90. The molecule has 0 aliphatic carbocycles. The fourth-order valence-electron chi connectivity index (χ4n) is 3.05. The summed E-state index contributed by atoms with van der Waals surface area (Å²) >= 11 is 0. The van der Waals surface area contributed by atoms with Gasteiger partial charge in [0.1, 0.15) is 18.1 Å². The molecule has 4 amide bonds. The number of carboxylic acid groups (broad SMARTS) is 1. The van der Waals surface area contributed by atoms with Gasteiger partial charge in [-0.15, -0.1) is 0 Å². The van der Waals surface area contributed by atoms with E-state index in [0.29, 0.717) is 6.42 Å². The van der Waals surface area contributed by atoms with Crippen LogP contribution >= 0.6 is 0 Å². The Bertz CT molecular complexity index is 864. The summed E-state index contributed by atoms with van der Waals surface area (Å²) in [6.45, 7) is 2.61. The molecular weight excluding hydrogens is 446 g/mol. The molecule has 188 valence electrons. The molecular formula is C22H33N5O7. The van der Waals surface area contributed by atoms with Crippen LogP contribution in [0.15, 0.2) is 30.3 Å². The summed E-state index contributed by atoms with van der Waals surface area (Å²) in [7, 11) is 0. The highest BCUT2D eigenvalue weighted by Crippen LogP contribution is 2.10. The molecule has 0 aliphatic rings. The van der Waals surface area contributed by atoms with E-state index in [0.717, 1.165) is 5.56 Å². The van der Waals surface area contributed by atoms with Gasteiger partial charge >= 0.3 is 5.97 Å². The van der Waals surface area contributed by atoms with Crippen LogP contribution < -0.4 is 27.4 Å². The average Bonchev–Trinajstić information content (AvgIpc) is 2.79. The number of hydrogen-bond acceptors (Lipinski definition) is 7. The molecule has 1 aromatic rings. The number of carboxylic acids is 1. The Balaban J connectivity index is 2.96. The lowest BCUT2D eigenvalue weighted by Gasteiger charge is -2.27. The third-order valence-corrected chi connectivity index (χ3v) is 5.26. The Kier molecular flexibility index (Phi) is 11.7. The van der Waals surface area contributed by atoms with E-state index in [-0.39, 0.29) is 12.3 Å². The van der Waals surface area contributed by atoms with Gasteiger partial charge in [-0.3, -0.25) is 19.2 Å². The summed E-state index contributed by atoms with van der Waals surface area (Å²) in [5, 5.41) is 25.1. The maximum absolute atomic E-state index is 13.0. The molecule has 0 saturated heterocycles. The second-order valence-electron chi connectivity index (χ2n) is 7.98. The SMILES string of the molecule is CCC(C)C(NC(=O)C(N)Cc1ccccc1)C(=O)NC(CC(N)=O)C(=O)NC(CO)C(=O)O. The number of carbonyl (C=O) groups excluding carboxylic acids is 4. The van der Waals surface area contributed by atoms with E-state index in [2.05, 4.69) is 10.6 Å². The van der Waals surface area contributed by atoms with Crippen molar-refractivity contribution in [2.45, 2.75) is 57.3 Å². The largest absolute Gasteiger partial charge is 0.480 e. The Morgan fingerprint density at radius 3 is 2.03 bits per heavy atom. The number of nitrogens with two attached hydrogens (primary N) is 2. The van der Waals surface area contributed by atoms with Crippen molar-refractivity contribution in [3.05, 3.63) is 35.9 Å². The van der Waals surface area contributed by atoms with Gasteiger partial charge in [-0.1, -0.05) is 50.6 Å². The first-order chi connectivity index (χ1) is 16.0. The summed E-state index contributed by atoms with van der Waals surface area (Å²) in [4.78, 5) is 60.6. The first kappa shape index (κ1) is 28.5. The topological polar surface area (TPSA) is 214 Å². The molecule has 1 rings (SSSR count).